The van der Waals surface area contributed by atoms with Crippen LogP contribution in [0.4, 0.5) is 0 Å². The van der Waals surface area contributed by atoms with Gasteiger partial charge in [-0.2, -0.15) is 0 Å². The quantitative estimate of drug-likeness (QED) is 0.143. The van der Waals surface area contributed by atoms with E-state index < -0.39 is 17.7 Å². The van der Waals surface area contributed by atoms with E-state index in [1.54, 1.807) is 0 Å². The van der Waals surface area contributed by atoms with E-state index in [1.165, 1.54) is 0 Å². The van der Waals surface area contributed by atoms with Gasteiger partial charge in [0.2, 0.25) is 0 Å². The molecule has 0 heterocycles. The van der Waals surface area contributed by atoms with E-state index >= 15 is 0 Å². The van der Waals surface area contributed by atoms with E-state index in [2.05, 4.69) is 135 Å². The molecule has 0 bridgehead atoms. The Bertz CT molecular complexity index is 2190. The maximum atomic E-state index is 14.7. The molecule has 2 nitrogen and oxygen atoms in total. The van der Waals surface area contributed by atoms with E-state index in [0.717, 1.165) is 37.9 Å². The Morgan fingerprint density at radius 2 is 0.880 bits per heavy atom. The van der Waals surface area contributed by atoms with Crippen LogP contribution in [0.15, 0.2) is 169 Å². The molecule has 0 fully saturated rings. The number of carbonyl (C=O) groups is 1. The molecule has 1 aliphatic rings. The van der Waals surface area contributed by atoms with Crippen molar-refractivity contribution in [2.24, 2.45) is 0 Å². The van der Waals surface area contributed by atoms with Gasteiger partial charge in [-0.15, -0.1) is 0 Å². The van der Waals surface area contributed by atoms with Crippen LogP contribution in [-0.2, 0) is 23.6 Å². The highest BCUT2D eigenvalue weighted by Gasteiger charge is 2.46. The minimum absolute atomic E-state index is 0.0311. The largest absolute Gasteiger partial charge is 0.507 e. The maximum absolute atomic E-state index is 14.7. The van der Waals surface area contributed by atoms with Crippen LogP contribution in [0.5, 0.6) is 0 Å². The first kappa shape index (κ1) is 34.3. The van der Waals surface area contributed by atoms with E-state index in [-0.39, 0.29) is 17.2 Å². The molecule has 0 spiro atoms. The van der Waals surface area contributed by atoms with Crippen molar-refractivity contribution in [2.45, 2.75) is 31.6 Å². The highest BCUT2D eigenvalue weighted by atomic mass is 32.4. The summed E-state index contributed by atoms with van der Waals surface area (Å²) in [6, 6.07) is 50.2. The summed E-state index contributed by atoms with van der Waals surface area (Å²) in [5.74, 6) is -0.125. The molecule has 7 rings (SSSR count). The molecule has 248 valence electrons. The predicted octanol–water partition coefficient (Wildman–Crippen LogP) is 9.53. The normalized spacial score (nSPS) is 14.3. The summed E-state index contributed by atoms with van der Waals surface area (Å²) >= 11 is 14.2. The molecule has 6 heteroatoms. The van der Waals surface area contributed by atoms with E-state index in [1.807, 2.05) is 42.5 Å². The zero-order valence-corrected chi connectivity index (χ0v) is 31.4. The van der Waals surface area contributed by atoms with Gasteiger partial charge in [-0.25, -0.2) is 0 Å². The third-order valence-electron chi connectivity index (χ3n) is 9.88. The Morgan fingerprint density at radius 1 is 0.500 bits per heavy atom. The summed E-state index contributed by atoms with van der Waals surface area (Å²) in [6.45, 7) is 4.15. The molecule has 6 aromatic rings. The number of Topliss-reactive ketones (excluding diaryl/α,β-unsaturated/α-hetero) is 1. The minimum Gasteiger partial charge on any atom is -0.507 e. The summed E-state index contributed by atoms with van der Waals surface area (Å²) in [5, 5.41) is 16.4. The molecule has 2 atom stereocenters. The van der Waals surface area contributed by atoms with Crippen LogP contribution in [0.25, 0.3) is 5.76 Å². The Hall–Kier alpha value is -4.17. The van der Waals surface area contributed by atoms with Gasteiger partial charge in [-0.1, -0.05) is 199 Å². The number of ketones is 1. The lowest BCUT2D eigenvalue weighted by Gasteiger charge is -2.40. The third-order valence-corrected chi connectivity index (χ3v) is 20.9. The molecule has 0 saturated heterocycles. The fourth-order valence-electron chi connectivity index (χ4n) is 7.27. The number of aryl methyl sites for hydroxylation is 2. The van der Waals surface area contributed by atoms with Crippen molar-refractivity contribution in [1.29, 1.82) is 0 Å². The zero-order valence-electron chi connectivity index (χ0n) is 28.0. The number of fused-ring (bicyclic) bond motifs is 1. The SMILES string of the molecule is Cc1ccc(P(=S)(c2ccc(C)cc2)[C@H](C[C@H](c2ccccc2)P(=S)(c2ccccc2)c2ccccc2)C2=C(O)c3ccccc3C2=O)cc1. The number of rotatable bonds is 10. The Morgan fingerprint density at radius 3 is 1.34 bits per heavy atom. The van der Waals surface area contributed by atoms with Gasteiger partial charge in [-0.05, 0) is 47.0 Å². The van der Waals surface area contributed by atoms with E-state index in [4.69, 9.17) is 23.6 Å². The van der Waals surface area contributed by atoms with Crippen LogP contribution in [0, 0.1) is 13.8 Å². The summed E-state index contributed by atoms with van der Waals surface area (Å²) in [4.78, 5) is 14.7. The van der Waals surface area contributed by atoms with Crippen LogP contribution < -0.4 is 21.2 Å². The second-order valence-corrected chi connectivity index (χ2v) is 22.4. The van der Waals surface area contributed by atoms with Gasteiger partial charge in [0.25, 0.3) is 0 Å². The summed E-state index contributed by atoms with van der Waals surface area (Å²) < 4.78 is 0. The topological polar surface area (TPSA) is 37.3 Å². The van der Waals surface area contributed by atoms with Gasteiger partial charge >= 0.3 is 0 Å². The van der Waals surface area contributed by atoms with Crippen molar-refractivity contribution in [3.05, 3.63) is 197 Å². The number of benzene rings is 6. The third kappa shape index (κ3) is 6.10. The van der Waals surface area contributed by atoms with Crippen LogP contribution in [-0.4, -0.2) is 16.5 Å². The first-order valence-corrected chi connectivity index (χ1v) is 22.5. The lowest BCUT2D eigenvalue weighted by Crippen LogP contribution is -2.32. The molecule has 1 aliphatic carbocycles. The molecule has 0 aromatic heterocycles. The molecular weight excluding hydrogens is 687 g/mol. The molecule has 1 N–H and O–H groups in total. The highest BCUT2D eigenvalue weighted by Crippen LogP contribution is 2.65. The lowest BCUT2D eigenvalue weighted by molar-refractivity contribution is 0.103. The van der Waals surface area contributed by atoms with Crippen molar-refractivity contribution in [3.63, 3.8) is 0 Å². The molecule has 0 amide bonds. The highest BCUT2D eigenvalue weighted by molar-refractivity contribution is 8.23. The standard InChI is InChI=1S/C44H38O2P2S2/c1-31-22-26-36(27-23-31)48(50,37-28-24-32(2)25-29-37)41(42-43(45)38-20-12-13-21-39(38)44(42)46)30-40(33-14-6-3-7-15-33)47(49,34-16-8-4-9-17-34)35-18-10-5-11-19-35/h3-29,40-41,45H,30H2,1-2H3/t40-,41-/m1/s1. The summed E-state index contributed by atoms with van der Waals surface area (Å²) in [6.07, 6.45) is 0.475. The van der Waals surface area contributed by atoms with Gasteiger partial charge in [0.1, 0.15) is 5.76 Å². The smallest absolute Gasteiger partial charge is 0.194 e. The second kappa shape index (κ2) is 14.2. The number of hydrogen-bond donors (Lipinski definition) is 1. The van der Waals surface area contributed by atoms with Crippen molar-refractivity contribution in [2.75, 3.05) is 0 Å². The average molecular weight is 725 g/mol. The first-order valence-electron chi connectivity index (χ1n) is 16.8. The molecule has 0 unspecified atom stereocenters. The predicted molar refractivity (Wildman–Crippen MR) is 220 cm³/mol. The number of aliphatic hydroxyl groups excluding tert-OH is 1. The summed E-state index contributed by atoms with van der Waals surface area (Å²) in [5.41, 5.74) is 4.12. The summed E-state index contributed by atoms with van der Waals surface area (Å²) in [7, 11) is 0. The van der Waals surface area contributed by atoms with E-state index in [0.29, 0.717) is 23.1 Å². The average Bonchev–Trinajstić information content (AvgIpc) is 3.41. The van der Waals surface area contributed by atoms with Crippen molar-refractivity contribution in [3.8, 4) is 0 Å². The Balaban J connectivity index is 1.55. The van der Waals surface area contributed by atoms with Crippen LogP contribution in [0.2, 0.25) is 0 Å². The van der Waals surface area contributed by atoms with Crippen molar-refractivity contribution < 1.29 is 9.90 Å². The number of carbonyl (C=O) groups excluding carboxylic acids is 1. The van der Waals surface area contributed by atoms with Crippen molar-refractivity contribution in [1.82, 2.24) is 0 Å². The molecule has 0 saturated carbocycles. The Labute approximate surface area is 305 Å². The fourth-order valence-corrected chi connectivity index (χ4v) is 16.8. The van der Waals surface area contributed by atoms with Gasteiger partial charge in [0.05, 0.1) is 5.57 Å². The van der Waals surface area contributed by atoms with Gasteiger partial charge in [-0.3, -0.25) is 4.79 Å². The van der Waals surface area contributed by atoms with Gasteiger partial charge in [0.15, 0.2) is 5.78 Å². The van der Waals surface area contributed by atoms with Gasteiger partial charge in [0, 0.05) is 34.5 Å². The monoisotopic (exact) mass is 724 g/mol. The zero-order chi connectivity index (χ0) is 34.9. The fraction of sp³-hybridized carbons (Fsp3) is 0.114. The molecular formula is C44H38O2P2S2. The van der Waals surface area contributed by atoms with Crippen LogP contribution >= 0.6 is 12.1 Å². The van der Waals surface area contributed by atoms with E-state index in [9.17, 15) is 9.90 Å². The van der Waals surface area contributed by atoms with Gasteiger partial charge < -0.3 is 5.11 Å². The second-order valence-electron chi connectivity index (χ2n) is 13.0. The molecule has 6 aromatic carbocycles. The molecule has 0 radical (unpaired) electrons. The maximum Gasteiger partial charge on any atom is 0.194 e. The van der Waals surface area contributed by atoms with Crippen LogP contribution in [0.3, 0.4) is 0 Å². The molecule has 0 aliphatic heterocycles. The lowest BCUT2D eigenvalue weighted by atomic mass is 10.0. The van der Waals surface area contributed by atoms with Crippen LogP contribution in [0.1, 0.15) is 44.7 Å². The van der Waals surface area contributed by atoms with Crippen molar-refractivity contribution >= 4 is 68.4 Å². The first-order chi connectivity index (χ1) is 24.2. The minimum atomic E-state index is -2.89. The number of allylic oxidation sites excluding steroid dienone is 1. The Kier molecular flexibility index (Phi) is 9.75. The number of aliphatic hydroxyl groups is 1. The molecule has 50 heavy (non-hydrogen) atoms. The number of hydrogen-bond acceptors (Lipinski definition) is 4.